The summed E-state index contributed by atoms with van der Waals surface area (Å²) >= 11 is 14.3. The molecule has 7 aliphatic heterocycles. The van der Waals surface area contributed by atoms with Gasteiger partial charge >= 0.3 is 6.36 Å². The number of nitrogens with two attached hydrogens (primary N) is 1. The number of primary amides is 1. The highest BCUT2D eigenvalue weighted by Gasteiger charge is 2.52. The summed E-state index contributed by atoms with van der Waals surface area (Å²) in [6.07, 6.45) is -19.6. The number of aromatic nitrogens is 1. The molecule has 2 saturated heterocycles. The van der Waals surface area contributed by atoms with Gasteiger partial charge in [-0.05, 0) is 151 Å². The minimum Gasteiger partial charge on any atom is -0.508 e. The number of nitrogens with one attached hydrogen (secondary N) is 11. The third-order valence-electron chi connectivity index (χ3n) is 21.3. The molecule has 1 aromatic heterocycles. The van der Waals surface area contributed by atoms with E-state index >= 15 is 24.0 Å². The van der Waals surface area contributed by atoms with Crippen LogP contribution < -0.4 is 83.4 Å². The minimum atomic E-state index is -4.96. The predicted molar refractivity (Wildman–Crippen MR) is 437 cm³/mol. The Balaban J connectivity index is 0.996. The van der Waals surface area contributed by atoms with Crippen molar-refractivity contribution < 1.29 is 135 Å². The van der Waals surface area contributed by atoms with Crippen LogP contribution in [0.25, 0.3) is 17.2 Å². The van der Waals surface area contributed by atoms with Crippen molar-refractivity contribution in [2.45, 2.75) is 169 Å². The second kappa shape index (κ2) is 39.2. The zero-order chi connectivity index (χ0) is 91.2. The van der Waals surface area contributed by atoms with Crippen LogP contribution in [-0.4, -0.2) is 210 Å². The summed E-state index contributed by atoms with van der Waals surface area (Å²) in [6, 6.07) is 6.02. The van der Waals surface area contributed by atoms with E-state index in [1.165, 1.54) is 69.8 Å². The highest BCUT2D eigenvalue weighted by Crippen LogP contribution is 2.50. The Morgan fingerprint density at radius 2 is 1.39 bits per heavy atom. The Morgan fingerprint density at radius 3 is 2.03 bits per heavy atom. The van der Waals surface area contributed by atoms with Gasteiger partial charge in [0.2, 0.25) is 59.3 Å². The van der Waals surface area contributed by atoms with Crippen LogP contribution >= 0.6 is 23.2 Å². The van der Waals surface area contributed by atoms with Gasteiger partial charge in [-0.25, -0.2) is 5.43 Å². The summed E-state index contributed by atoms with van der Waals surface area (Å²) in [5.41, 5.74) is 7.27. The molecule has 38 nitrogen and oxygen atoms in total. The van der Waals surface area contributed by atoms with Gasteiger partial charge in [0, 0.05) is 55.0 Å². The average molecular weight is 1800 g/mol. The van der Waals surface area contributed by atoms with Gasteiger partial charge < -0.3 is 133 Å². The van der Waals surface area contributed by atoms with E-state index in [0.717, 1.165) is 84.9 Å². The number of rotatable bonds is 21. The molecule has 0 saturated carbocycles. The van der Waals surface area contributed by atoms with E-state index in [1.807, 2.05) is 0 Å². The quantitative estimate of drug-likeness (QED) is 0.0363. The van der Waals surface area contributed by atoms with Gasteiger partial charge in [0.25, 0.3) is 5.91 Å². The molecule has 22 N–H and O–H groups in total. The fraction of sp³-hybridized carbons (Fsp3) is 0.373. The Morgan fingerprint density at radius 1 is 0.730 bits per heavy atom. The number of halogens is 5. The zero-order valence-corrected chi connectivity index (χ0v) is 69.1. The van der Waals surface area contributed by atoms with Gasteiger partial charge in [0.1, 0.15) is 101 Å². The normalized spacial score (nSPS) is 26.0. The number of pyridine rings is 1. The summed E-state index contributed by atoms with van der Waals surface area (Å²) in [4.78, 5) is 137. The number of benzene rings is 6. The molecule has 8 heterocycles. The lowest BCUT2D eigenvalue weighted by Crippen LogP contribution is -2.65. The van der Waals surface area contributed by atoms with Gasteiger partial charge in [0.15, 0.2) is 23.9 Å². The number of hydrogen-bond acceptors (Lipinski definition) is 29. The van der Waals surface area contributed by atoms with Crippen LogP contribution in [0.1, 0.15) is 116 Å². The molecule has 7 aliphatic rings. The molecule has 9 amide bonds. The SMILES string of the molecule is CNNC(=O)C1NC(=O)C2NC(=O)C(NC(=O)C3NC(=O)C(CC(N)=O)NC(=O)C(NC(=O)C(CC(C)C)NC)C(O)c4ccc(c(Cl)c4)Oc4cc3cc(c4OC3OC(CO)C(O)C(O)C3OC3CC(C)(NCc4cncc(NC(=O)/C=C/c5cccc(OC(F)(F)F)c5)c4)C(O)C(C)O3)Oc3ccc(cc3Cl)C2O)c2ccc(O)c(c2)-c2c(O)cc(O)cc21. The number of hydrazine groups is 1. The number of phenolic OH excluding ortho intramolecular Hbond substituents is 3. The monoisotopic (exact) mass is 1800 g/mol. The van der Waals surface area contributed by atoms with Crippen LogP contribution in [-0.2, 0) is 63.9 Å². The first-order chi connectivity index (χ1) is 59.7. The molecule has 7 aromatic rings. The van der Waals surface area contributed by atoms with Crippen LogP contribution in [0.4, 0.5) is 18.9 Å². The Bertz CT molecular complexity index is 5350. The lowest BCUT2D eigenvalue weighted by Gasteiger charge is -2.48. The summed E-state index contributed by atoms with van der Waals surface area (Å²) in [5.74, 6) is -16.6. The standard InChI is InChI=1S/C83H90Cl2F3N13O25/c1-34(2)18-49(90-5)74(113)99-65-67(108)39-12-15-53(47(84)22-39)121-55-24-41-25-56(71(55)125-81-72(70(111)69(110)57(33-102)123-81)124-60-29-82(4,73(112)35(3)120-60)93-31-37-19-42(32-92-30-37)94-59(107)17-10-36-8-7-9-44(20-36)126-83(86,87)88)122-54-16-13-40(23-48(54)85)68(109)66-79(118)98-64(80(119)101-91-6)46-26-43(103)27-52(105)61(46)45-21-38(11-14-51(45)104)62(76(115)100-66)97-77(116)63(41)96-75(114)50(28-58(89)106)95-78(65)117/h7-17,19-27,30,32,34-35,49-50,57,60,62-70,72-73,81,90-91,93,102-105,108-112H,18,28-29,31,33H2,1-6H3,(H2,89,106)(H,94,107)(H,95,117)(H,96,114)(H,97,116)(H,98,118)(H,99,113)(H,100,115)(H,101,119)/b17-10+. The first-order valence-corrected chi connectivity index (χ1v) is 39.9. The van der Waals surface area contributed by atoms with Crippen molar-refractivity contribution >= 4 is 88.1 Å². The third-order valence-corrected chi connectivity index (χ3v) is 21.9. The van der Waals surface area contributed by atoms with Gasteiger partial charge in [-0.3, -0.25) is 53.6 Å². The van der Waals surface area contributed by atoms with Crippen LogP contribution in [0.3, 0.4) is 0 Å². The van der Waals surface area contributed by atoms with Crippen molar-refractivity contribution in [1.29, 1.82) is 0 Å². The maximum atomic E-state index is 16.3. The number of carbonyl (C=O) groups excluding carboxylic acids is 9. The highest BCUT2D eigenvalue weighted by atomic mass is 35.5. The second-order valence-electron chi connectivity index (χ2n) is 30.9. The second-order valence-corrected chi connectivity index (χ2v) is 31.7. The maximum absolute atomic E-state index is 16.3. The van der Waals surface area contributed by atoms with Crippen LogP contribution in [0, 0.1) is 5.92 Å². The number of aromatic hydroxyl groups is 3. The van der Waals surface area contributed by atoms with Crippen molar-refractivity contribution in [2.75, 3.05) is 26.0 Å². The molecule has 126 heavy (non-hydrogen) atoms. The largest absolute Gasteiger partial charge is 0.573 e. The van der Waals surface area contributed by atoms with Crippen molar-refractivity contribution in [3.8, 4) is 62.9 Å². The third kappa shape index (κ3) is 21.5. The van der Waals surface area contributed by atoms with E-state index in [0.29, 0.717) is 5.56 Å². The van der Waals surface area contributed by atoms with Crippen LogP contribution in [0.5, 0.6) is 51.7 Å². The number of hydrogen-bond donors (Lipinski definition) is 21. The van der Waals surface area contributed by atoms with E-state index in [2.05, 4.69) is 68.4 Å². The van der Waals surface area contributed by atoms with E-state index in [1.54, 1.807) is 20.8 Å². The number of alkyl halides is 3. The number of carbonyl (C=O) groups is 9. The summed E-state index contributed by atoms with van der Waals surface area (Å²) in [5, 5.41) is 129. The topological polar surface area (TPSA) is 572 Å². The molecule has 14 rings (SSSR count). The smallest absolute Gasteiger partial charge is 0.508 e. The van der Waals surface area contributed by atoms with Gasteiger partial charge in [-0.1, -0.05) is 67.4 Å². The molecular formula is C83H90Cl2F3N13O25. The molecule has 43 heteroatoms. The Labute approximate surface area is 724 Å². The molecule has 0 aliphatic carbocycles. The lowest BCUT2D eigenvalue weighted by atomic mass is 9.84. The number of ether oxygens (including phenoxy) is 7. The van der Waals surface area contributed by atoms with Gasteiger partial charge in [-0.15, -0.1) is 13.2 Å². The predicted octanol–water partition coefficient (Wildman–Crippen LogP) is 3.05. The summed E-state index contributed by atoms with van der Waals surface area (Å²) in [7, 11) is 2.74. The fourth-order valence-electron chi connectivity index (χ4n) is 15.0. The molecule has 11 bridgehead atoms. The number of amides is 9. The van der Waals surface area contributed by atoms with Crippen LogP contribution in [0.2, 0.25) is 10.0 Å². The maximum Gasteiger partial charge on any atom is 0.573 e. The highest BCUT2D eigenvalue weighted by molar-refractivity contribution is 6.32. The van der Waals surface area contributed by atoms with Crippen molar-refractivity contribution in [2.24, 2.45) is 11.7 Å². The Kier molecular flexibility index (Phi) is 29.0. The van der Waals surface area contributed by atoms with E-state index in [9.17, 15) is 78.3 Å². The minimum absolute atomic E-state index is 0.0856. The molecule has 0 radical (unpaired) electrons. The molecule has 18 unspecified atom stereocenters. The number of likely N-dealkylation sites (N-methyl/N-ethyl adjacent to an activating group) is 1. The van der Waals surface area contributed by atoms with Crippen molar-refractivity contribution in [1.82, 2.24) is 58.4 Å². The number of phenols is 3. The van der Waals surface area contributed by atoms with Gasteiger partial charge in [0.05, 0.1) is 53.2 Å². The zero-order valence-electron chi connectivity index (χ0n) is 67.6. The van der Waals surface area contributed by atoms with E-state index in [-0.39, 0.29) is 59.0 Å². The first-order valence-electron chi connectivity index (χ1n) is 39.1. The molecule has 2 fully saturated rings. The molecular weight excluding hydrogens is 1710 g/mol. The number of aliphatic hydroxyl groups is 6. The molecule has 672 valence electrons. The van der Waals surface area contributed by atoms with E-state index < -0.39 is 260 Å². The summed E-state index contributed by atoms with van der Waals surface area (Å²) in [6.45, 7) is 5.57. The number of anilines is 1. The molecule has 18 atom stereocenters. The average Bonchev–Trinajstić information content (AvgIpc) is 0.766. The van der Waals surface area contributed by atoms with E-state index in [4.69, 9.17) is 57.4 Å². The number of aliphatic hydroxyl groups excluding tert-OH is 6. The number of fused-ring (bicyclic) bond motifs is 15. The summed E-state index contributed by atoms with van der Waals surface area (Å²) < 4.78 is 82.2. The van der Waals surface area contributed by atoms with Gasteiger partial charge in [-0.2, -0.15) is 0 Å². The lowest BCUT2D eigenvalue weighted by molar-refractivity contribution is -0.334. The molecule has 0 spiro atoms. The molecule has 6 aromatic carbocycles. The Hall–Kier alpha value is -12.1. The van der Waals surface area contributed by atoms with Crippen molar-refractivity contribution in [3.63, 3.8) is 0 Å². The number of nitrogens with zero attached hydrogens (tertiary/aromatic N) is 1. The fourth-order valence-corrected chi connectivity index (χ4v) is 15.4. The van der Waals surface area contributed by atoms with Crippen LogP contribution in [0.15, 0.2) is 128 Å². The van der Waals surface area contributed by atoms with Crippen molar-refractivity contribution in [3.05, 3.63) is 177 Å². The first kappa shape index (κ1) is 93.1.